The number of fused-ring (bicyclic) bond motifs is 1. The second-order valence-corrected chi connectivity index (χ2v) is 7.96. The molecule has 0 atom stereocenters. The summed E-state index contributed by atoms with van der Waals surface area (Å²) in [6, 6.07) is 16.1. The first-order chi connectivity index (χ1) is 16.0. The maximum Gasteiger partial charge on any atom is 0.329 e. The Morgan fingerprint density at radius 1 is 0.879 bits per heavy atom. The van der Waals surface area contributed by atoms with E-state index in [9.17, 15) is 18.8 Å². The van der Waals surface area contributed by atoms with Crippen molar-refractivity contribution in [3.8, 4) is 11.1 Å². The third kappa shape index (κ3) is 3.82. The van der Waals surface area contributed by atoms with E-state index in [4.69, 9.17) is 0 Å². The van der Waals surface area contributed by atoms with Crippen molar-refractivity contribution < 1.29 is 9.18 Å². The zero-order chi connectivity index (χ0) is 22.9. The Bertz CT molecular complexity index is 1430. The number of anilines is 1. The second kappa shape index (κ2) is 8.42. The Balaban J connectivity index is 1.37. The first-order valence-electron chi connectivity index (χ1n) is 10.7. The van der Waals surface area contributed by atoms with Gasteiger partial charge in [-0.05, 0) is 18.2 Å². The molecule has 0 bridgehead atoms. The molecule has 1 aliphatic rings. The Kier molecular flexibility index (Phi) is 5.29. The monoisotopic (exact) mass is 447 g/mol. The molecule has 8 nitrogen and oxygen atoms in total. The molecule has 2 aromatic heterocycles. The normalized spacial score (nSPS) is 14.1. The van der Waals surface area contributed by atoms with Gasteiger partial charge in [-0.2, -0.15) is 0 Å². The molecule has 1 aliphatic heterocycles. The number of hydrogen-bond donors (Lipinski definition) is 2. The van der Waals surface area contributed by atoms with Gasteiger partial charge in [0.2, 0.25) is 5.91 Å². The molecule has 3 heterocycles. The predicted molar refractivity (Wildman–Crippen MR) is 124 cm³/mol. The van der Waals surface area contributed by atoms with Crippen LogP contribution < -0.4 is 16.1 Å². The van der Waals surface area contributed by atoms with Crippen molar-refractivity contribution in [2.75, 3.05) is 31.1 Å². The molecule has 0 radical (unpaired) electrons. The number of aromatic nitrogens is 3. The summed E-state index contributed by atoms with van der Waals surface area (Å²) < 4.78 is 15.1. The van der Waals surface area contributed by atoms with E-state index in [-0.39, 0.29) is 29.0 Å². The zero-order valence-electron chi connectivity index (χ0n) is 17.8. The molecule has 1 amide bonds. The minimum Gasteiger partial charge on any atom is -0.368 e. The van der Waals surface area contributed by atoms with Crippen LogP contribution in [0.15, 0.2) is 70.4 Å². The van der Waals surface area contributed by atoms with Gasteiger partial charge >= 0.3 is 5.69 Å². The van der Waals surface area contributed by atoms with Crippen molar-refractivity contribution in [3.05, 3.63) is 87.4 Å². The first kappa shape index (κ1) is 20.7. The molecule has 1 saturated heterocycles. The van der Waals surface area contributed by atoms with Gasteiger partial charge in [0, 0.05) is 49.2 Å². The molecule has 0 aliphatic carbocycles. The number of aromatic amines is 2. The predicted octanol–water partition coefficient (Wildman–Crippen LogP) is 2.17. The van der Waals surface area contributed by atoms with Crippen LogP contribution >= 0.6 is 0 Å². The number of amides is 1. The lowest BCUT2D eigenvalue weighted by Crippen LogP contribution is -2.51. The van der Waals surface area contributed by atoms with E-state index >= 15 is 0 Å². The maximum atomic E-state index is 14.2. The summed E-state index contributed by atoms with van der Waals surface area (Å²) in [5.41, 5.74) is 0.759. The highest BCUT2D eigenvalue weighted by Crippen LogP contribution is 2.27. The number of nitrogens with zero attached hydrogens (tertiary/aromatic N) is 3. The number of piperazine rings is 1. The number of halogens is 1. The van der Waals surface area contributed by atoms with E-state index < -0.39 is 17.1 Å². The molecule has 0 spiro atoms. The van der Waals surface area contributed by atoms with Gasteiger partial charge in [-0.1, -0.05) is 36.4 Å². The van der Waals surface area contributed by atoms with Crippen LogP contribution in [-0.2, 0) is 11.3 Å². The summed E-state index contributed by atoms with van der Waals surface area (Å²) in [4.78, 5) is 47.8. The number of carbonyl (C=O) groups excluding carboxylic acids is 1. The van der Waals surface area contributed by atoms with Gasteiger partial charge in [0.25, 0.3) is 5.56 Å². The van der Waals surface area contributed by atoms with E-state index in [0.717, 1.165) is 10.3 Å². The number of H-pyrrole nitrogens is 2. The van der Waals surface area contributed by atoms with Gasteiger partial charge in [0.15, 0.2) is 0 Å². The second-order valence-electron chi connectivity index (χ2n) is 7.96. The van der Waals surface area contributed by atoms with E-state index in [2.05, 4.69) is 14.9 Å². The van der Waals surface area contributed by atoms with E-state index in [1.807, 2.05) is 30.3 Å². The van der Waals surface area contributed by atoms with Crippen LogP contribution in [-0.4, -0.2) is 51.5 Å². The summed E-state index contributed by atoms with van der Waals surface area (Å²) >= 11 is 0. The van der Waals surface area contributed by atoms with Gasteiger partial charge in [0.1, 0.15) is 17.9 Å². The Morgan fingerprint density at radius 3 is 2.30 bits per heavy atom. The molecule has 0 saturated carbocycles. The Morgan fingerprint density at radius 2 is 1.58 bits per heavy atom. The van der Waals surface area contributed by atoms with Gasteiger partial charge in [-0.15, -0.1) is 0 Å². The summed E-state index contributed by atoms with van der Waals surface area (Å²) in [7, 11) is 0. The number of para-hydroxylation sites is 1. The van der Waals surface area contributed by atoms with Gasteiger partial charge in [-0.3, -0.25) is 9.59 Å². The van der Waals surface area contributed by atoms with Crippen molar-refractivity contribution in [2.24, 2.45) is 0 Å². The molecule has 0 unspecified atom stereocenters. The van der Waals surface area contributed by atoms with Crippen LogP contribution in [0.25, 0.3) is 22.2 Å². The lowest BCUT2D eigenvalue weighted by atomic mass is 10.1. The van der Waals surface area contributed by atoms with Gasteiger partial charge in [0.05, 0.1) is 5.52 Å². The maximum absolute atomic E-state index is 14.2. The summed E-state index contributed by atoms with van der Waals surface area (Å²) in [6.45, 7) is 1.99. The van der Waals surface area contributed by atoms with E-state index in [1.54, 1.807) is 23.1 Å². The molecular formula is C24H22FN5O3. The summed E-state index contributed by atoms with van der Waals surface area (Å²) in [6.07, 6.45) is 1.48. The van der Waals surface area contributed by atoms with Crippen molar-refractivity contribution in [1.82, 2.24) is 19.4 Å². The number of nitrogens with one attached hydrogen (secondary N) is 2. The van der Waals surface area contributed by atoms with Gasteiger partial charge in [-0.25, -0.2) is 13.8 Å². The summed E-state index contributed by atoms with van der Waals surface area (Å²) in [5, 5.41) is 0. The van der Waals surface area contributed by atoms with Crippen molar-refractivity contribution >= 4 is 22.6 Å². The highest BCUT2D eigenvalue weighted by atomic mass is 19.1. The third-order valence-corrected chi connectivity index (χ3v) is 6.03. The van der Waals surface area contributed by atoms with Crippen LogP contribution in [0.3, 0.4) is 0 Å². The molecule has 5 rings (SSSR count). The summed E-state index contributed by atoms with van der Waals surface area (Å²) in [5.74, 6) is -0.760. The molecule has 1 fully saturated rings. The quantitative estimate of drug-likeness (QED) is 0.501. The SMILES string of the molecule is O=C(Cn1c(=O)[nH]c2c(-c3ccccc3F)c[nH]c2c1=O)N1CCN(c2ccccc2)CC1. The molecular weight excluding hydrogens is 425 g/mol. The first-order valence-corrected chi connectivity index (χ1v) is 10.7. The molecule has 2 N–H and O–H groups in total. The highest BCUT2D eigenvalue weighted by Gasteiger charge is 2.23. The van der Waals surface area contributed by atoms with Crippen molar-refractivity contribution in [3.63, 3.8) is 0 Å². The third-order valence-electron chi connectivity index (χ3n) is 6.03. The lowest BCUT2D eigenvalue weighted by Gasteiger charge is -2.36. The average Bonchev–Trinajstić information content (AvgIpc) is 3.26. The molecule has 4 aromatic rings. The molecule has 33 heavy (non-hydrogen) atoms. The fraction of sp³-hybridized carbons (Fsp3) is 0.208. The van der Waals surface area contributed by atoms with Crippen LogP contribution in [0.1, 0.15) is 0 Å². The average molecular weight is 447 g/mol. The van der Waals surface area contributed by atoms with E-state index in [1.165, 1.54) is 12.3 Å². The molecule has 2 aromatic carbocycles. The number of benzene rings is 2. The fourth-order valence-electron chi connectivity index (χ4n) is 4.25. The number of hydrogen-bond acceptors (Lipinski definition) is 4. The van der Waals surface area contributed by atoms with Crippen LogP contribution in [0.4, 0.5) is 10.1 Å². The Labute approximate surface area is 187 Å². The Hall–Kier alpha value is -4.14. The highest BCUT2D eigenvalue weighted by molar-refractivity contribution is 5.92. The molecule has 168 valence electrons. The zero-order valence-corrected chi connectivity index (χ0v) is 17.8. The smallest absolute Gasteiger partial charge is 0.329 e. The minimum absolute atomic E-state index is 0.120. The minimum atomic E-state index is -0.707. The fourth-order valence-corrected chi connectivity index (χ4v) is 4.25. The van der Waals surface area contributed by atoms with Gasteiger partial charge < -0.3 is 19.8 Å². The largest absolute Gasteiger partial charge is 0.368 e. The number of rotatable bonds is 4. The standard InChI is InChI=1S/C24H22FN5O3/c25-19-9-5-4-8-17(19)18-14-26-22-21(18)27-24(33)30(23(22)32)15-20(31)29-12-10-28(11-13-29)16-6-2-1-3-7-16/h1-9,14,26H,10-13,15H2,(H,27,33). The van der Waals surface area contributed by atoms with Crippen molar-refractivity contribution in [1.29, 1.82) is 0 Å². The van der Waals surface area contributed by atoms with Crippen LogP contribution in [0, 0.1) is 5.82 Å². The van der Waals surface area contributed by atoms with E-state index in [0.29, 0.717) is 31.7 Å². The molecule has 9 heteroatoms. The lowest BCUT2D eigenvalue weighted by molar-refractivity contribution is -0.132. The van der Waals surface area contributed by atoms with Crippen LogP contribution in [0.5, 0.6) is 0 Å². The number of carbonyl (C=O) groups is 1. The van der Waals surface area contributed by atoms with Crippen LogP contribution in [0.2, 0.25) is 0 Å². The topological polar surface area (TPSA) is 94.2 Å². The van der Waals surface area contributed by atoms with Crippen molar-refractivity contribution in [2.45, 2.75) is 6.54 Å².